The van der Waals surface area contributed by atoms with Crippen molar-refractivity contribution < 1.29 is 18.9 Å². The third kappa shape index (κ3) is 4.66. The minimum atomic E-state index is -1.40. The van der Waals surface area contributed by atoms with Crippen molar-refractivity contribution in [2.24, 2.45) is 7.05 Å². The minimum absolute atomic E-state index is 0.133. The van der Waals surface area contributed by atoms with Crippen LogP contribution in [0, 0.1) is 0 Å². The fourth-order valence-electron chi connectivity index (χ4n) is 1.37. The number of carboxylic acids is 1. The third-order valence-corrected chi connectivity index (χ3v) is 3.43. The molecule has 0 radical (unpaired) electrons. The third-order valence-electron chi connectivity index (χ3n) is 2.11. The Morgan fingerprint density at radius 1 is 1.61 bits per heavy atom. The van der Waals surface area contributed by atoms with E-state index in [9.17, 15) is 13.8 Å². The summed E-state index contributed by atoms with van der Waals surface area (Å²) in [6, 6.07) is 0.582. The van der Waals surface area contributed by atoms with Gasteiger partial charge in [-0.3, -0.25) is 13.7 Å². The van der Waals surface area contributed by atoms with Gasteiger partial charge in [0.2, 0.25) is 5.91 Å². The lowest BCUT2D eigenvalue weighted by molar-refractivity contribution is -0.140. The maximum Gasteiger partial charge on any atom is 0.327 e. The fraction of sp³-hybridized carbons (Fsp3) is 0.500. The predicted molar refractivity (Wildman–Crippen MR) is 65.2 cm³/mol. The van der Waals surface area contributed by atoms with Crippen molar-refractivity contribution in [3.05, 3.63) is 18.0 Å². The molecule has 2 atom stereocenters. The van der Waals surface area contributed by atoms with E-state index in [1.165, 1.54) is 6.92 Å². The van der Waals surface area contributed by atoms with Crippen LogP contribution in [0.3, 0.4) is 0 Å². The van der Waals surface area contributed by atoms with Crippen LogP contribution in [-0.4, -0.2) is 42.8 Å². The van der Waals surface area contributed by atoms with E-state index in [0.717, 1.165) is 0 Å². The zero-order chi connectivity index (χ0) is 13.7. The Kier molecular flexibility index (Phi) is 5.02. The number of nitrogens with zero attached hydrogens (tertiary/aromatic N) is 2. The number of nitrogens with one attached hydrogen (secondary N) is 1. The number of hydrogen-bond acceptors (Lipinski definition) is 4. The molecule has 0 aliphatic carbocycles. The van der Waals surface area contributed by atoms with Crippen LogP contribution >= 0.6 is 0 Å². The topological polar surface area (TPSA) is 101 Å². The zero-order valence-electron chi connectivity index (χ0n) is 10.1. The molecular formula is C10H15N3O4S. The molecule has 0 aliphatic heterocycles. The van der Waals surface area contributed by atoms with Crippen LogP contribution in [0.1, 0.15) is 12.6 Å². The standard InChI is InChI=1S/C10H15N3O4S/c1-7(14)11-9(10(15)16)6-18(17)5-8-3-4-13(2)12-8/h3-4,9H,5-6H2,1-2H3,(H,11,14)(H,15,16)/t9-,18?/m0/s1. The minimum Gasteiger partial charge on any atom is -0.480 e. The van der Waals surface area contributed by atoms with Crippen LogP contribution in [0.25, 0.3) is 0 Å². The molecule has 1 amide bonds. The lowest BCUT2D eigenvalue weighted by atomic mass is 10.3. The van der Waals surface area contributed by atoms with Gasteiger partial charge in [0.15, 0.2) is 0 Å². The van der Waals surface area contributed by atoms with Crippen LogP contribution in [0.4, 0.5) is 0 Å². The Balaban J connectivity index is 2.56. The molecule has 0 aromatic carbocycles. The van der Waals surface area contributed by atoms with E-state index in [2.05, 4.69) is 10.4 Å². The van der Waals surface area contributed by atoms with Crippen molar-refractivity contribution >= 4 is 22.7 Å². The molecule has 100 valence electrons. The number of aromatic nitrogens is 2. The van der Waals surface area contributed by atoms with Gasteiger partial charge >= 0.3 is 5.97 Å². The van der Waals surface area contributed by atoms with Gasteiger partial charge in [0.05, 0.1) is 17.2 Å². The molecule has 1 rings (SSSR count). The molecule has 0 aliphatic rings. The second kappa shape index (κ2) is 6.29. The highest BCUT2D eigenvalue weighted by Crippen LogP contribution is 2.01. The molecule has 1 aromatic rings. The highest BCUT2D eigenvalue weighted by atomic mass is 32.2. The van der Waals surface area contributed by atoms with Crippen LogP contribution in [-0.2, 0) is 33.2 Å². The number of carbonyl (C=O) groups is 2. The van der Waals surface area contributed by atoms with E-state index in [1.807, 2.05) is 0 Å². The predicted octanol–water partition coefficient (Wildman–Crippen LogP) is -0.742. The Morgan fingerprint density at radius 3 is 2.72 bits per heavy atom. The summed E-state index contributed by atoms with van der Waals surface area (Å²) in [5, 5.41) is 15.2. The molecular weight excluding hydrogens is 258 g/mol. The first kappa shape index (κ1) is 14.4. The summed E-state index contributed by atoms with van der Waals surface area (Å²) in [5.41, 5.74) is 0.628. The summed E-state index contributed by atoms with van der Waals surface area (Å²) < 4.78 is 13.3. The molecule has 0 fully saturated rings. The molecule has 18 heavy (non-hydrogen) atoms. The molecule has 1 unspecified atom stereocenters. The Labute approximate surface area is 107 Å². The van der Waals surface area contributed by atoms with Gasteiger partial charge in [0, 0.05) is 31.0 Å². The molecule has 0 bridgehead atoms. The van der Waals surface area contributed by atoms with Crippen LogP contribution in [0.15, 0.2) is 12.3 Å². The van der Waals surface area contributed by atoms with Gasteiger partial charge in [-0.15, -0.1) is 0 Å². The van der Waals surface area contributed by atoms with Crippen molar-refractivity contribution in [3.8, 4) is 0 Å². The Bertz CT molecular complexity index is 471. The Hall–Kier alpha value is -1.70. The van der Waals surface area contributed by atoms with Gasteiger partial charge in [-0.1, -0.05) is 0 Å². The SMILES string of the molecule is CC(=O)N[C@@H](CS(=O)Cc1ccn(C)n1)C(=O)O. The largest absolute Gasteiger partial charge is 0.480 e. The number of amides is 1. The van der Waals surface area contributed by atoms with E-state index in [-0.39, 0.29) is 11.5 Å². The van der Waals surface area contributed by atoms with E-state index >= 15 is 0 Å². The zero-order valence-corrected chi connectivity index (χ0v) is 10.9. The normalized spacial score (nSPS) is 13.9. The van der Waals surface area contributed by atoms with Gasteiger partial charge in [0.1, 0.15) is 6.04 Å². The summed E-state index contributed by atoms with van der Waals surface area (Å²) in [6.07, 6.45) is 1.72. The summed E-state index contributed by atoms with van der Waals surface area (Å²) in [6.45, 7) is 1.22. The van der Waals surface area contributed by atoms with Crippen LogP contribution < -0.4 is 5.32 Å². The van der Waals surface area contributed by atoms with Crippen LogP contribution in [0.5, 0.6) is 0 Å². The summed E-state index contributed by atoms with van der Waals surface area (Å²) in [4.78, 5) is 21.7. The number of carbonyl (C=O) groups excluding carboxylic acids is 1. The van der Waals surface area contributed by atoms with E-state index in [1.54, 1.807) is 24.0 Å². The molecule has 8 heteroatoms. The van der Waals surface area contributed by atoms with Gasteiger partial charge in [0.25, 0.3) is 0 Å². The van der Waals surface area contributed by atoms with E-state index in [0.29, 0.717) is 5.69 Å². The van der Waals surface area contributed by atoms with Crippen molar-refractivity contribution in [2.75, 3.05) is 5.75 Å². The Morgan fingerprint density at radius 2 is 2.28 bits per heavy atom. The lowest BCUT2D eigenvalue weighted by Crippen LogP contribution is -2.43. The molecule has 0 saturated carbocycles. The average molecular weight is 273 g/mol. The summed E-state index contributed by atoms with van der Waals surface area (Å²) in [5.74, 6) is -1.62. The maximum atomic E-state index is 11.8. The second-order valence-electron chi connectivity index (χ2n) is 3.82. The first-order valence-electron chi connectivity index (χ1n) is 5.22. The maximum absolute atomic E-state index is 11.8. The number of carboxylic acid groups (broad SMARTS) is 1. The summed E-state index contributed by atoms with van der Waals surface area (Å²) in [7, 11) is 0.344. The van der Waals surface area contributed by atoms with Crippen molar-refractivity contribution in [1.82, 2.24) is 15.1 Å². The summed E-state index contributed by atoms with van der Waals surface area (Å²) >= 11 is 0. The quantitative estimate of drug-likeness (QED) is 0.710. The van der Waals surface area contributed by atoms with Gasteiger partial charge in [-0.05, 0) is 6.07 Å². The fourth-order valence-corrected chi connectivity index (χ4v) is 2.57. The van der Waals surface area contributed by atoms with Crippen LogP contribution in [0.2, 0.25) is 0 Å². The van der Waals surface area contributed by atoms with Crippen molar-refractivity contribution in [3.63, 3.8) is 0 Å². The molecule has 7 nitrogen and oxygen atoms in total. The smallest absolute Gasteiger partial charge is 0.327 e. The number of aryl methyl sites for hydroxylation is 1. The van der Waals surface area contributed by atoms with Gasteiger partial charge in [-0.25, -0.2) is 4.79 Å². The number of aliphatic carboxylic acids is 1. The first-order valence-corrected chi connectivity index (χ1v) is 6.70. The molecule has 0 saturated heterocycles. The van der Waals surface area contributed by atoms with E-state index < -0.39 is 28.7 Å². The highest BCUT2D eigenvalue weighted by Gasteiger charge is 2.21. The van der Waals surface area contributed by atoms with Crippen molar-refractivity contribution in [1.29, 1.82) is 0 Å². The molecule has 0 spiro atoms. The number of rotatable bonds is 6. The highest BCUT2D eigenvalue weighted by molar-refractivity contribution is 7.84. The average Bonchev–Trinajstić information content (AvgIpc) is 2.62. The van der Waals surface area contributed by atoms with Crippen molar-refractivity contribution in [2.45, 2.75) is 18.7 Å². The monoisotopic (exact) mass is 273 g/mol. The number of hydrogen-bond donors (Lipinski definition) is 2. The van der Waals surface area contributed by atoms with E-state index in [4.69, 9.17) is 5.11 Å². The first-order chi connectivity index (χ1) is 8.38. The second-order valence-corrected chi connectivity index (χ2v) is 5.32. The van der Waals surface area contributed by atoms with Gasteiger partial charge < -0.3 is 10.4 Å². The molecule has 1 heterocycles. The molecule has 1 aromatic heterocycles. The lowest BCUT2D eigenvalue weighted by Gasteiger charge is -2.12. The van der Waals surface area contributed by atoms with Gasteiger partial charge in [-0.2, -0.15) is 5.10 Å². The molecule has 2 N–H and O–H groups in total.